The molecule has 30 heavy (non-hydrogen) atoms. The first kappa shape index (κ1) is 24.1. The third kappa shape index (κ3) is 6.66. The molecular weight excluding hydrogens is 378 g/mol. The summed E-state index contributed by atoms with van der Waals surface area (Å²) in [6, 6.07) is 7.40. The predicted molar refractivity (Wildman–Crippen MR) is 120 cm³/mol. The molecule has 164 valence electrons. The van der Waals surface area contributed by atoms with E-state index in [9.17, 15) is 15.3 Å². The summed E-state index contributed by atoms with van der Waals surface area (Å²) in [7, 11) is 0. The molecule has 5 heteroatoms. The van der Waals surface area contributed by atoms with Gasteiger partial charge in [0.15, 0.2) is 0 Å². The van der Waals surface area contributed by atoms with Crippen molar-refractivity contribution in [2.75, 3.05) is 0 Å². The summed E-state index contributed by atoms with van der Waals surface area (Å²) in [5.74, 6) is 0.645. The van der Waals surface area contributed by atoms with Gasteiger partial charge in [-0.1, -0.05) is 32.9 Å². The molecule has 0 saturated heterocycles. The Kier molecular flexibility index (Phi) is 9.50. The molecule has 5 nitrogen and oxygen atoms in total. The number of benzene rings is 1. The van der Waals surface area contributed by atoms with Crippen LogP contribution >= 0.6 is 0 Å². The molecular formula is C25H35NO4. The van der Waals surface area contributed by atoms with Crippen molar-refractivity contribution in [3.05, 3.63) is 65.0 Å². The number of nitrogens with zero attached hydrogens (tertiary/aromatic N) is 1. The molecule has 0 aliphatic heterocycles. The molecule has 0 amide bonds. The van der Waals surface area contributed by atoms with E-state index in [1.54, 1.807) is 24.4 Å². The van der Waals surface area contributed by atoms with Gasteiger partial charge in [-0.05, 0) is 72.6 Å². The van der Waals surface area contributed by atoms with Crippen molar-refractivity contribution in [1.29, 1.82) is 0 Å². The van der Waals surface area contributed by atoms with Gasteiger partial charge < -0.3 is 20.1 Å². The lowest BCUT2D eigenvalue weighted by Crippen LogP contribution is -2.25. The van der Waals surface area contributed by atoms with Crippen LogP contribution in [0.3, 0.4) is 0 Å². The van der Waals surface area contributed by atoms with E-state index in [1.807, 2.05) is 20.0 Å². The summed E-state index contributed by atoms with van der Waals surface area (Å²) in [5, 5.41) is 29.2. The molecule has 3 N–H and O–H groups in total. The fraction of sp³-hybridized carbons (Fsp3) is 0.480. The van der Waals surface area contributed by atoms with Gasteiger partial charge in [-0.3, -0.25) is 4.98 Å². The fourth-order valence-electron chi connectivity index (χ4n) is 3.49. The van der Waals surface area contributed by atoms with Crippen LogP contribution in [0.1, 0.15) is 75.1 Å². The third-order valence-electron chi connectivity index (χ3n) is 5.79. The van der Waals surface area contributed by atoms with Gasteiger partial charge in [0, 0.05) is 18.0 Å². The van der Waals surface area contributed by atoms with Gasteiger partial charge in [0.2, 0.25) is 0 Å². The van der Waals surface area contributed by atoms with E-state index in [-0.39, 0.29) is 13.2 Å². The smallest absolute Gasteiger partial charge is 0.120 e. The summed E-state index contributed by atoms with van der Waals surface area (Å²) in [6.07, 6.45) is 9.89. The molecule has 0 unspecified atom stereocenters. The van der Waals surface area contributed by atoms with Crippen molar-refractivity contribution in [2.45, 2.75) is 78.3 Å². The molecule has 0 fully saturated rings. The van der Waals surface area contributed by atoms with Crippen molar-refractivity contribution < 1.29 is 20.1 Å². The minimum absolute atomic E-state index is 0.109. The maximum Gasteiger partial charge on any atom is 0.120 e. The van der Waals surface area contributed by atoms with Gasteiger partial charge in [-0.15, -0.1) is 0 Å². The van der Waals surface area contributed by atoms with E-state index in [0.29, 0.717) is 23.5 Å². The SMILES string of the molecule is CCC(=CCCC(O)(CC)CC)c1cncc(COc2ccc(CO)c(CO)c2)c1. The van der Waals surface area contributed by atoms with E-state index in [1.165, 1.54) is 5.57 Å². The first-order valence-corrected chi connectivity index (χ1v) is 10.8. The first-order valence-electron chi connectivity index (χ1n) is 10.8. The lowest BCUT2D eigenvalue weighted by atomic mass is 9.91. The molecule has 0 atom stereocenters. The zero-order valence-corrected chi connectivity index (χ0v) is 18.4. The van der Waals surface area contributed by atoms with Crippen LogP contribution < -0.4 is 4.74 Å². The van der Waals surface area contributed by atoms with Crippen LogP contribution in [0.25, 0.3) is 5.57 Å². The predicted octanol–water partition coefficient (Wildman–Crippen LogP) is 4.77. The second-order valence-electron chi connectivity index (χ2n) is 7.67. The van der Waals surface area contributed by atoms with E-state index in [2.05, 4.69) is 24.1 Å². The van der Waals surface area contributed by atoms with Crippen LogP contribution in [0.4, 0.5) is 0 Å². The molecule has 1 aromatic carbocycles. The zero-order valence-electron chi connectivity index (χ0n) is 18.4. The number of hydrogen-bond donors (Lipinski definition) is 3. The zero-order chi connectivity index (χ0) is 22.0. The minimum atomic E-state index is -0.581. The Morgan fingerprint density at radius 3 is 2.40 bits per heavy atom. The normalized spacial score (nSPS) is 12.3. The summed E-state index contributed by atoms with van der Waals surface area (Å²) >= 11 is 0. The molecule has 2 aromatic rings. The summed E-state index contributed by atoms with van der Waals surface area (Å²) in [4.78, 5) is 4.37. The highest BCUT2D eigenvalue weighted by Gasteiger charge is 2.20. The number of pyridine rings is 1. The Labute approximate surface area is 180 Å². The van der Waals surface area contributed by atoms with E-state index in [4.69, 9.17) is 4.74 Å². The molecule has 1 aromatic heterocycles. The molecule has 0 saturated carbocycles. The number of rotatable bonds is 12. The van der Waals surface area contributed by atoms with Crippen molar-refractivity contribution in [2.24, 2.45) is 0 Å². The van der Waals surface area contributed by atoms with E-state index >= 15 is 0 Å². The van der Waals surface area contributed by atoms with Gasteiger partial charge in [-0.2, -0.15) is 0 Å². The Balaban J connectivity index is 2.06. The van der Waals surface area contributed by atoms with E-state index < -0.39 is 5.60 Å². The number of allylic oxidation sites excluding steroid dienone is 2. The second-order valence-corrected chi connectivity index (χ2v) is 7.67. The number of aromatic nitrogens is 1. The maximum atomic E-state index is 10.5. The number of hydrogen-bond acceptors (Lipinski definition) is 5. The van der Waals surface area contributed by atoms with Crippen LogP contribution in [0.15, 0.2) is 42.7 Å². The molecule has 0 bridgehead atoms. The van der Waals surface area contributed by atoms with Crippen molar-refractivity contribution in [3.63, 3.8) is 0 Å². The van der Waals surface area contributed by atoms with Gasteiger partial charge in [0.25, 0.3) is 0 Å². The highest BCUT2D eigenvalue weighted by molar-refractivity contribution is 5.65. The lowest BCUT2D eigenvalue weighted by Gasteiger charge is -2.24. The van der Waals surface area contributed by atoms with Gasteiger partial charge in [0.1, 0.15) is 12.4 Å². The molecule has 0 radical (unpaired) electrons. The largest absolute Gasteiger partial charge is 0.489 e. The third-order valence-corrected chi connectivity index (χ3v) is 5.79. The Morgan fingerprint density at radius 1 is 1.03 bits per heavy atom. The minimum Gasteiger partial charge on any atom is -0.489 e. The molecule has 1 heterocycles. The molecule has 0 aliphatic carbocycles. The molecule has 0 spiro atoms. The van der Waals surface area contributed by atoms with Gasteiger partial charge in [0.05, 0.1) is 18.8 Å². The van der Waals surface area contributed by atoms with Crippen LogP contribution in [0.5, 0.6) is 5.75 Å². The van der Waals surface area contributed by atoms with Crippen LogP contribution in [0, 0.1) is 0 Å². The van der Waals surface area contributed by atoms with Gasteiger partial charge in [-0.25, -0.2) is 0 Å². The fourth-order valence-corrected chi connectivity index (χ4v) is 3.49. The molecule has 2 rings (SSSR count). The topological polar surface area (TPSA) is 82.8 Å². The lowest BCUT2D eigenvalue weighted by molar-refractivity contribution is 0.0246. The maximum absolute atomic E-state index is 10.5. The van der Waals surface area contributed by atoms with Crippen molar-refractivity contribution in [3.8, 4) is 5.75 Å². The number of aliphatic hydroxyl groups is 3. The van der Waals surface area contributed by atoms with E-state index in [0.717, 1.165) is 43.2 Å². The van der Waals surface area contributed by atoms with Gasteiger partial charge >= 0.3 is 0 Å². The Bertz CT molecular complexity index is 828. The second kappa shape index (κ2) is 11.8. The Hall–Kier alpha value is -2.21. The van der Waals surface area contributed by atoms with Crippen LogP contribution in [-0.4, -0.2) is 25.9 Å². The monoisotopic (exact) mass is 413 g/mol. The number of ether oxygens (including phenoxy) is 1. The average Bonchev–Trinajstić information content (AvgIpc) is 2.80. The summed E-state index contributed by atoms with van der Waals surface area (Å²) in [6.45, 7) is 6.30. The summed E-state index contributed by atoms with van der Waals surface area (Å²) in [5.41, 5.74) is 4.03. The number of aliphatic hydroxyl groups excluding tert-OH is 2. The van der Waals surface area contributed by atoms with Crippen molar-refractivity contribution >= 4 is 5.57 Å². The van der Waals surface area contributed by atoms with Crippen LogP contribution in [0.2, 0.25) is 0 Å². The molecule has 0 aliphatic rings. The quantitative estimate of drug-likeness (QED) is 0.467. The standard InChI is InChI=1S/C25H35NO4/c1-4-20(8-7-11-25(29,5-2)6-3)22-12-19(14-26-15-22)18-30-24-10-9-21(16-27)23(13-24)17-28/h8-10,12-15,27-29H,4-7,11,16-18H2,1-3H3. The average molecular weight is 414 g/mol. The van der Waals surface area contributed by atoms with Crippen LogP contribution in [-0.2, 0) is 19.8 Å². The first-order chi connectivity index (χ1) is 14.5. The summed E-state index contributed by atoms with van der Waals surface area (Å²) < 4.78 is 5.87. The highest BCUT2D eigenvalue weighted by Crippen LogP contribution is 2.25. The Morgan fingerprint density at radius 2 is 1.77 bits per heavy atom. The highest BCUT2D eigenvalue weighted by atomic mass is 16.5. The van der Waals surface area contributed by atoms with Crippen molar-refractivity contribution in [1.82, 2.24) is 4.98 Å².